The van der Waals surface area contributed by atoms with Crippen LogP contribution in [0.3, 0.4) is 0 Å². The van der Waals surface area contributed by atoms with Crippen LogP contribution < -0.4 is 10.3 Å². The highest BCUT2D eigenvalue weighted by Gasteiger charge is 2.44. The molecule has 0 bridgehead atoms. The van der Waals surface area contributed by atoms with Crippen LogP contribution in [0.1, 0.15) is 56.9 Å². The third kappa shape index (κ3) is 7.09. The van der Waals surface area contributed by atoms with Gasteiger partial charge in [-0.3, -0.25) is 24.8 Å². The van der Waals surface area contributed by atoms with E-state index in [0.717, 1.165) is 70.0 Å². The predicted octanol–water partition coefficient (Wildman–Crippen LogP) is 4.20. The molecule has 9 heteroatoms. The fraction of sp³-hybridized carbons (Fsp3) is 0.500. The summed E-state index contributed by atoms with van der Waals surface area (Å²) in [6, 6.07) is 9.89. The molecule has 9 nitrogen and oxygen atoms in total. The van der Waals surface area contributed by atoms with E-state index in [-0.39, 0.29) is 17.2 Å². The van der Waals surface area contributed by atoms with E-state index in [4.69, 9.17) is 0 Å². The summed E-state index contributed by atoms with van der Waals surface area (Å²) < 4.78 is 0. The van der Waals surface area contributed by atoms with Gasteiger partial charge in [-0.2, -0.15) is 5.10 Å². The number of carbonyl (C=O) groups is 2. The number of nitrogens with one attached hydrogen (secondary N) is 1. The predicted molar refractivity (Wildman–Crippen MR) is 154 cm³/mol. The van der Waals surface area contributed by atoms with Crippen LogP contribution in [-0.4, -0.2) is 77.1 Å². The number of aromatic nitrogens is 2. The van der Waals surface area contributed by atoms with Gasteiger partial charge in [-0.1, -0.05) is 37.1 Å². The number of hydrazone groups is 1. The van der Waals surface area contributed by atoms with Gasteiger partial charge in [-0.25, -0.2) is 9.97 Å². The van der Waals surface area contributed by atoms with Gasteiger partial charge in [0.2, 0.25) is 17.8 Å². The standard InChI is InChI=1S/C21H31N5O2.C9H8N2/c27-18-16-21(6-1-2-7-21)17-19(28)26(18)11-4-3-10-24-12-14-25(15-13-24)20-22-8-5-9-23-20;1-2-6-9-8(4-1)5-3-7-10-11-9/h5,8-9H,1-4,6-7,10-17H2;1-7,11H. The molecule has 1 aromatic carbocycles. The van der Waals surface area contributed by atoms with Crippen LogP contribution in [0.2, 0.25) is 0 Å². The van der Waals surface area contributed by atoms with E-state index in [1.54, 1.807) is 18.6 Å². The summed E-state index contributed by atoms with van der Waals surface area (Å²) in [5.74, 6) is 0.938. The van der Waals surface area contributed by atoms with Gasteiger partial charge in [0.25, 0.3) is 0 Å². The number of hydrogen-bond donors (Lipinski definition) is 1. The van der Waals surface area contributed by atoms with Gasteiger partial charge in [-0.15, -0.1) is 0 Å². The van der Waals surface area contributed by atoms with Crippen molar-refractivity contribution in [1.82, 2.24) is 19.8 Å². The highest BCUT2D eigenvalue weighted by atomic mass is 16.2. The second-order valence-corrected chi connectivity index (χ2v) is 10.9. The Bertz CT molecular complexity index is 1150. The molecule has 39 heavy (non-hydrogen) atoms. The summed E-state index contributed by atoms with van der Waals surface area (Å²) in [6.07, 6.45) is 16.8. The number of imide groups is 1. The molecule has 6 rings (SSSR count). The topological polar surface area (TPSA) is 94.0 Å². The number of fused-ring (bicyclic) bond motifs is 1. The minimum absolute atomic E-state index is 0.00676. The highest BCUT2D eigenvalue weighted by Crippen LogP contribution is 2.46. The van der Waals surface area contributed by atoms with Gasteiger partial charge < -0.3 is 4.90 Å². The number of hydrogen-bond acceptors (Lipinski definition) is 8. The van der Waals surface area contributed by atoms with E-state index < -0.39 is 0 Å². The second-order valence-electron chi connectivity index (χ2n) is 10.9. The van der Waals surface area contributed by atoms with E-state index in [2.05, 4.69) is 30.3 Å². The number of likely N-dealkylation sites (tertiary alicyclic amines) is 1. The number of para-hydroxylation sites is 1. The molecule has 3 fully saturated rings. The van der Waals surface area contributed by atoms with Crippen molar-refractivity contribution in [2.75, 3.05) is 49.6 Å². The van der Waals surface area contributed by atoms with E-state index in [0.29, 0.717) is 19.4 Å². The zero-order valence-electron chi connectivity index (χ0n) is 22.7. The molecule has 1 aliphatic carbocycles. The molecule has 1 saturated carbocycles. The lowest BCUT2D eigenvalue weighted by molar-refractivity contribution is -0.153. The molecule has 1 spiro atoms. The fourth-order valence-corrected chi connectivity index (χ4v) is 6.03. The molecule has 0 radical (unpaired) electrons. The molecular formula is C30H39N7O2. The van der Waals surface area contributed by atoms with E-state index in [9.17, 15) is 9.59 Å². The van der Waals surface area contributed by atoms with Crippen molar-refractivity contribution in [3.8, 4) is 0 Å². The van der Waals surface area contributed by atoms with Crippen LogP contribution >= 0.6 is 0 Å². The molecule has 2 amide bonds. The molecule has 1 aromatic heterocycles. The number of nitrogens with zero attached hydrogens (tertiary/aromatic N) is 6. The maximum absolute atomic E-state index is 12.5. The van der Waals surface area contributed by atoms with Crippen LogP contribution in [0, 0.1) is 5.41 Å². The molecule has 4 heterocycles. The van der Waals surface area contributed by atoms with Crippen molar-refractivity contribution in [3.63, 3.8) is 0 Å². The lowest BCUT2D eigenvalue weighted by Crippen LogP contribution is -2.48. The fourth-order valence-electron chi connectivity index (χ4n) is 6.03. The first-order valence-electron chi connectivity index (χ1n) is 14.2. The number of anilines is 2. The van der Waals surface area contributed by atoms with Crippen LogP contribution in [0.15, 0.2) is 53.9 Å². The summed E-state index contributed by atoms with van der Waals surface area (Å²) in [4.78, 5) is 39.9. The summed E-state index contributed by atoms with van der Waals surface area (Å²) in [5, 5.41) is 3.95. The number of rotatable bonds is 6. The van der Waals surface area contributed by atoms with Crippen molar-refractivity contribution in [2.24, 2.45) is 10.5 Å². The highest BCUT2D eigenvalue weighted by molar-refractivity contribution is 5.98. The first kappa shape index (κ1) is 27.0. The molecule has 4 aliphatic rings. The van der Waals surface area contributed by atoms with Gasteiger partial charge in [0.05, 0.1) is 5.69 Å². The zero-order chi connectivity index (χ0) is 26.9. The summed E-state index contributed by atoms with van der Waals surface area (Å²) >= 11 is 0. The molecule has 2 saturated heterocycles. The van der Waals surface area contributed by atoms with Gasteiger partial charge in [0, 0.05) is 64.2 Å². The minimum atomic E-state index is 0.00676. The summed E-state index contributed by atoms with van der Waals surface area (Å²) in [7, 11) is 0. The van der Waals surface area contributed by atoms with Crippen LogP contribution in [0.4, 0.5) is 11.6 Å². The normalized spacial score (nSPS) is 20.3. The Morgan fingerprint density at radius 3 is 2.28 bits per heavy atom. The molecular weight excluding hydrogens is 490 g/mol. The van der Waals surface area contributed by atoms with Crippen molar-refractivity contribution in [3.05, 3.63) is 54.4 Å². The average Bonchev–Trinajstić information content (AvgIpc) is 3.26. The monoisotopic (exact) mass is 529 g/mol. The van der Waals surface area contributed by atoms with Gasteiger partial charge in [-0.05, 0) is 61.4 Å². The third-order valence-corrected chi connectivity index (χ3v) is 8.21. The second kappa shape index (κ2) is 13.0. The van der Waals surface area contributed by atoms with E-state index >= 15 is 0 Å². The Balaban J connectivity index is 0.000000233. The first-order valence-corrected chi connectivity index (χ1v) is 14.2. The number of piperazine rings is 1. The molecule has 0 atom stereocenters. The molecule has 3 aliphatic heterocycles. The van der Waals surface area contributed by atoms with Gasteiger partial charge in [0.1, 0.15) is 0 Å². The minimum Gasteiger partial charge on any atom is -0.338 e. The van der Waals surface area contributed by atoms with Crippen LogP contribution in [0.25, 0.3) is 6.08 Å². The number of piperidine rings is 1. The van der Waals surface area contributed by atoms with Gasteiger partial charge in [0.15, 0.2) is 0 Å². The van der Waals surface area contributed by atoms with Crippen LogP contribution in [0.5, 0.6) is 0 Å². The Hall–Kier alpha value is -3.59. The van der Waals surface area contributed by atoms with E-state index in [1.165, 1.54) is 23.3 Å². The smallest absolute Gasteiger partial charge is 0.229 e. The van der Waals surface area contributed by atoms with E-state index in [1.807, 2.05) is 42.5 Å². The Labute approximate surface area is 231 Å². The quantitative estimate of drug-likeness (QED) is 0.443. The summed E-state index contributed by atoms with van der Waals surface area (Å²) in [5.41, 5.74) is 5.16. The average molecular weight is 530 g/mol. The van der Waals surface area contributed by atoms with Crippen LogP contribution in [-0.2, 0) is 9.59 Å². The number of unbranched alkanes of at least 4 members (excludes halogenated alkanes) is 1. The lowest BCUT2D eigenvalue weighted by Gasteiger charge is -2.37. The lowest BCUT2D eigenvalue weighted by atomic mass is 9.76. The Morgan fingerprint density at radius 2 is 1.54 bits per heavy atom. The molecule has 206 valence electrons. The number of benzene rings is 1. The number of amides is 2. The van der Waals surface area contributed by atoms with Gasteiger partial charge >= 0.3 is 0 Å². The zero-order valence-corrected chi connectivity index (χ0v) is 22.7. The molecule has 2 aromatic rings. The Kier molecular flexibility index (Phi) is 8.98. The number of allylic oxidation sites excluding steroid dienone is 1. The maximum Gasteiger partial charge on any atom is 0.229 e. The summed E-state index contributed by atoms with van der Waals surface area (Å²) in [6.45, 7) is 5.49. The number of carbonyl (C=O) groups excluding carboxylic acids is 2. The SMILES string of the molecule is C1=Cc2ccccc2NN=C1.O=C1CC2(CCCC2)CC(=O)N1CCCCN1CCN(c2ncccn2)CC1. The third-order valence-electron chi connectivity index (χ3n) is 8.21. The molecule has 1 N–H and O–H groups in total. The Morgan fingerprint density at radius 1 is 0.846 bits per heavy atom. The first-order chi connectivity index (χ1) is 19.1. The van der Waals surface area contributed by atoms with Crippen molar-refractivity contribution < 1.29 is 9.59 Å². The van der Waals surface area contributed by atoms with Crippen molar-refractivity contribution >= 4 is 35.7 Å². The maximum atomic E-state index is 12.5. The van der Waals surface area contributed by atoms with Crippen molar-refractivity contribution in [1.29, 1.82) is 0 Å². The van der Waals surface area contributed by atoms with Crippen molar-refractivity contribution in [2.45, 2.75) is 51.4 Å². The largest absolute Gasteiger partial charge is 0.338 e. The molecule has 0 unspecified atom stereocenters.